The zero-order valence-corrected chi connectivity index (χ0v) is 32.3. The van der Waals surface area contributed by atoms with Gasteiger partial charge in [-0.3, -0.25) is 0 Å². The largest absolute Gasteiger partial charge is 0.456 e. The zero-order chi connectivity index (χ0) is 39.6. The molecule has 9 aromatic carbocycles. The molecule has 280 valence electrons. The Morgan fingerprint density at radius 2 is 0.900 bits per heavy atom. The second kappa shape index (κ2) is 13.8. The minimum absolute atomic E-state index is 0.622. The molecule has 60 heavy (non-hydrogen) atoms. The molecule has 0 spiro atoms. The SMILES string of the molecule is c1ccc(-c2nc(-c3ccccc3)nc(-c3ccc(-c4cc(-c5cccc(-n6c7ccccc7c7cc8ccccc8cc76)c5)cc5oc6ccccc6c45)cc3)n2)cc1. The first-order chi connectivity index (χ1) is 29.7. The van der Waals surface area contributed by atoms with Crippen molar-refractivity contribution >= 4 is 54.5 Å². The average molecular weight is 767 g/mol. The summed E-state index contributed by atoms with van der Waals surface area (Å²) in [5.74, 6) is 1.90. The van der Waals surface area contributed by atoms with Crippen molar-refractivity contribution in [1.82, 2.24) is 19.5 Å². The van der Waals surface area contributed by atoms with E-state index in [2.05, 4.69) is 138 Å². The summed E-state index contributed by atoms with van der Waals surface area (Å²) in [7, 11) is 0. The van der Waals surface area contributed by atoms with Crippen molar-refractivity contribution in [2.75, 3.05) is 0 Å². The molecular formula is C55H34N4O. The van der Waals surface area contributed by atoms with E-state index in [9.17, 15) is 0 Å². The first-order valence-corrected chi connectivity index (χ1v) is 20.2. The Kier molecular flexibility index (Phi) is 7.78. The standard InChI is InChI=1S/C55H34N4O/c1-3-14-36(15-4-1)53-56-54(37-16-5-2-6-17-37)58-55(57-53)38-28-26-35(27-29-38)46-32-42(34-51-52(46)45-23-10-12-25-50(45)60-51)39-20-13-21-43(30-39)59-48-24-11-9-22-44(48)47-31-40-18-7-8-19-41(40)33-49(47)59/h1-34H. The smallest absolute Gasteiger partial charge is 0.164 e. The van der Waals surface area contributed by atoms with Crippen molar-refractivity contribution in [2.24, 2.45) is 0 Å². The number of hydrogen-bond donors (Lipinski definition) is 0. The summed E-state index contributed by atoms with van der Waals surface area (Å²) in [6, 6.07) is 72.3. The van der Waals surface area contributed by atoms with Crippen molar-refractivity contribution < 1.29 is 4.42 Å². The fourth-order valence-corrected chi connectivity index (χ4v) is 8.74. The van der Waals surface area contributed by atoms with E-state index in [0.717, 1.165) is 66.6 Å². The van der Waals surface area contributed by atoms with Crippen molar-refractivity contribution in [3.8, 4) is 62.1 Å². The van der Waals surface area contributed by atoms with Gasteiger partial charge in [0.2, 0.25) is 0 Å². The predicted molar refractivity (Wildman–Crippen MR) is 246 cm³/mol. The molecule has 0 saturated heterocycles. The molecule has 0 saturated carbocycles. The molecule has 0 aliphatic heterocycles. The maximum Gasteiger partial charge on any atom is 0.164 e. The van der Waals surface area contributed by atoms with Gasteiger partial charge in [-0.25, -0.2) is 15.0 Å². The van der Waals surface area contributed by atoms with Crippen LogP contribution in [0, 0.1) is 0 Å². The summed E-state index contributed by atoms with van der Waals surface area (Å²) in [5.41, 5.74) is 12.3. The third kappa shape index (κ3) is 5.67. The van der Waals surface area contributed by atoms with E-state index < -0.39 is 0 Å². The van der Waals surface area contributed by atoms with Gasteiger partial charge < -0.3 is 8.98 Å². The Balaban J connectivity index is 1.00. The monoisotopic (exact) mass is 766 g/mol. The quantitative estimate of drug-likeness (QED) is 0.169. The highest BCUT2D eigenvalue weighted by Gasteiger charge is 2.19. The molecule has 0 unspecified atom stereocenters. The van der Waals surface area contributed by atoms with Crippen molar-refractivity contribution in [2.45, 2.75) is 0 Å². The van der Waals surface area contributed by atoms with Gasteiger partial charge in [-0.2, -0.15) is 0 Å². The molecule has 12 rings (SSSR count). The van der Waals surface area contributed by atoms with Gasteiger partial charge in [0.05, 0.1) is 11.0 Å². The maximum atomic E-state index is 6.61. The Morgan fingerprint density at radius 1 is 0.333 bits per heavy atom. The van der Waals surface area contributed by atoms with Crippen LogP contribution in [-0.4, -0.2) is 19.5 Å². The normalized spacial score (nSPS) is 11.7. The molecule has 12 aromatic rings. The zero-order valence-electron chi connectivity index (χ0n) is 32.3. The number of furan rings is 1. The van der Waals surface area contributed by atoms with Gasteiger partial charge in [-0.05, 0) is 81.6 Å². The lowest BCUT2D eigenvalue weighted by Crippen LogP contribution is -2.00. The lowest BCUT2D eigenvalue weighted by molar-refractivity contribution is 0.669. The van der Waals surface area contributed by atoms with Crippen LogP contribution in [0.15, 0.2) is 211 Å². The molecular weight excluding hydrogens is 733 g/mol. The molecule has 5 heteroatoms. The van der Waals surface area contributed by atoms with Crippen LogP contribution < -0.4 is 0 Å². The van der Waals surface area contributed by atoms with E-state index in [1.165, 1.54) is 32.6 Å². The lowest BCUT2D eigenvalue weighted by atomic mass is 9.94. The fraction of sp³-hybridized carbons (Fsp3) is 0. The highest BCUT2D eigenvalue weighted by Crippen LogP contribution is 2.42. The summed E-state index contributed by atoms with van der Waals surface area (Å²) in [6.45, 7) is 0. The topological polar surface area (TPSA) is 56.7 Å². The summed E-state index contributed by atoms with van der Waals surface area (Å²) in [4.78, 5) is 14.9. The number of aromatic nitrogens is 4. The summed E-state index contributed by atoms with van der Waals surface area (Å²) in [6.07, 6.45) is 0. The molecule has 0 aliphatic rings. The third-order valence-electron chi connectivity index (χ3n) is 11.6. The van der Waals surface area contributed by atoms with Gasteiger partial charge in [0.25, 0.3) is 0 Å². The minimum atomic E-state index is 0.622. The Bertz CT molecular complexity index is 3530. The number of nitrogens with zero attached hydrogens (tertiary/aromatic N) is 4. The fourth-order valence-electron chi connectivity index (χ4n) is 8.74. The number of fused-ring (bicyclic) bond motifs is 7. The van der Waals surface area contributed by atoms with E-state index in [-0.39, 0.29) is 0 Å². The second-order valence-electron chi connectivity index (χ2n) is 15.2. The first kappa shape index (κ1) is 33.9. The van der Waals surface area contributed by atoms with E-state index in [1.54, 1.807) is 0 Å². The summed E-state index contributed by atoms with van der Waals surface area (Å²) < 4.78 is 9.00. The Labute approximate surface area is 345 Å². The van der Waals surface area contributed by atoms with Crippen LogP contribution >= 0.6 is 0 Å². The molecule has 0 bridgehead atoms. The molecule has 0 amide bonds. The molecule has 0 aliphatic carbocycles. The van der Waals surface area contributed by atoms with Crippen LogP contribution in [0.1, 0.15) is 0 Å². The molecule has 3 heterocycles. The molecule has 0 atom stereocenters. The van der Waals surface area contributed by atoms with Crippen LogP contribution in [0.5, 0.6) is 0 Å². The number of benzene rings is 9. The van der Waals surface area contributed by atoms with Gasteiger partial charge in [0, 0.05) is 43.9 Å². The van der Waals surface area contributed by atoms with E-state index in [4.69, 9.17) is 19.4 Å². The maximum absolute atomic E-state index is 6.61. The highest BCUT2D eigenvalue weighted by molar-refractivity contribution is 6.15. The van der Waals surface area contributed by atoms with E-state index in [0.29, 0.717) is 17.5 Å². The van der Waals surface area contributed by atoms with Crippen LogP contribution in [0.25, 0.3) is 117 Å². The molecule has 5 nitrogen and oxygen atoms in total. The predicted octanol–water partition coefficient (Wildman–Crippen LogP) is 14.4. The van der Waals surface area contributed by atoms with E-state index >= 15 is 0 Å². The number of para-hydroxylation sites is 2. The molecule has 0 radical (unpaired) electrons. The third-order valence-corrected chi connectivity index (χ3v) is 11.6. The second-order valence-corrected chi connectivity index (χ2v) is 15.2. The van der Waals surface area contributed by atoms with Crippen LogP contribution in [-0.2, 0) is 0 Å². The Hall–Kier alpha value is -8.15. The molecule has 0 fully saturated rings. The first-order valence-electron chi connectivity index (χ1n) is 20.2. The van der Waals surface area contributed by atoms with Gasteiger partial charge in [-0.15, -0.1) is 0 Å². The van der Waals surface area contributed by atoms with Gasteiger partial charge in [-0.1, -0.05) is 158 Å². The van der Waals surface area contributed by atoms with Crippen molar-refractivity contribution in [1.29, 1.82) is 0 Å². The minimum Gasteiger partial charge on any atom is -0.456 e. The summed E-state index contributed by atoms with van der Waals surface area (Å²) >= 11 is 0. The lowest BCUT2D eigenvalue weighted by Gasteiger charge is -2.13. The van der Waals surface area contributed by atoms with Gasteiger partial charge in [0.1, 0.15) is 11.2 Å². The average Bonchev–Trinajstić information content (AvgIpc) is 3.86. The van der Waals surface area contributed by atoms with Crippen molar-refractivity contribution in [3.63, 3.8) is 0 Å². The van der Waals surface area contributed by atoms with Crippen LogP contribution in [0.2, 0.25) is 0 Å². The van der Waals surface area contributed by atoms with Gasteiger partial charge >= 0.3 is 0 Å². The number of hydrogen-bond acceptors (Lipinski definition) is 4. The number of rotatable bonds is 6. The summed E-state index contributed by atoms with van der Waals surface area (Å²) in [5, 5.41) is 7.12. The van der Waals surface area contributed by atoms with Crippen LogP contribution in [0.4, 0.5) is 0 Å². The Morgan fingerprint density at radius 3 is 1.62 bits per heavy atom. The van der Waals surface area contributed by atoms with Crippen LogP contribution in [0.3, 0.4) is 0 Å². The highest BCUT2D eigenvalue weighted by atomic mass is 16.3. The molecule has 3 aromatic heterocycles. The van der Waals surface area contributed by atoms with E-state index in [1.807, 2.05) is 72.8 Å². The van der Waals surface area contributed by atoms with Gasteiger partial charge in [0.15, 0.2) is 17.5 Å². The van der Waals surface area contributed by atoms with Crippen molar-refractivity contribution in [3.05, 3.63) is 206 Å². The molecule has 0 N–H and O–H groups in total.